The van der Waals surface area contributed by atoms with Crippen LogP contribution in [-0.4, -0.2) is 35.4 Å². The second kappa shape index (κ2) is 9.24. The summed E-state index contributed by atoms with van der Waals surface area (Å²) in [7, 11) is 3.14. The molecule has 0 aliphatic heterocycles. The molecule has 34 heavy (non-hydrogen) atoms. The number of ether oxygens (including phenoxy) is 3. The summed E-state index contributed by atoms with van der Waals surface area (Å²) in [5, 5.41) is 12.3. The van der Waals surface area contributed by atoms with Crippen LogP contribution in [0, 0.1) is 5.53 Å². The van der Waals surface area contributed by atoms with E-state index in [1.54, 1.807) is 43.3 Å². The highest BCUT2D eigenvalue weighted by Gasteiger charge is 2.17. The maximum Gasteiger partial charge on any atom is 0.294 e. The van der Waals surface area contributed by atoms with E-state index in [0.29, 0.717) is 44.4 Å². The van der Waals surface area contributed by atoms with Crippen LogP contribution in [0.1, 0.15) is 0 Å². The number of nitrogens with zero attached hydrogens (tertiary/aromatic N) is 4. The number of nitrogens with one attached hydrogen (secondary N) is 2. The van der Waals surface area contributed by atoms with Crippen molar-refractivity contribution in [2.75, 3.05) is 26.1 Å². The smallest absolute Gasteiger partial charge is 0.294 e. The first kappa shape index (κ1) is 21.5. The highest BCUT2D eigenvalue weighted by molar-refractivity contribution is 7.18. The van der Waals surface area contributed by atoms with Crippen LogP contribution in [0.2, 0.25) is 0 Å². The number of anilines is 1. The topological polar surface area (TPSA) is 119 Å². The Morgan fingerprint density at radius 1 is 1.21 bits per heavy atom. The van der Waals surface area contributed by atoms with Crippen LogP contribution in [0.15, 0.2) is 76.2 Å². The van der Waals surface area contributed by atoms with Gasteiger partial charge in [-0.05, 0) is 29.5 Å². The maximum absolute atomic E-state index is 7.49. The van der Waals surface area contributed by atoms with Gasteiger partial charge in [-0.3, -0.25) is 0 Å². The summed E-state index contributed by atoms with van der Waals surface area (Å²) >= 11 is 1.34. The maximum atomic E-state index is 7.49. The molecule has 3 heterocycles. The molecule has 0 saturated carbocycles. The summed E-state index contributed by atoms with van der Waals surface area (Å²) < 4.78 is 24.3. The van der Waals surface area contributed by atoms with Crippen LogP contribution in [0.3, 0.4) is 0 Å². The number of furan rings is 1. The Morgan fingerprint density at radius 3 is 2.79 bits per heavy atom. The van der Waals surface area contributed by atoms with Gasteiger partial charge in [-0.2, -0.15) is 5.11 Å². The van der Waals surface area contributed by atoms with Crippen LogP contribution in [0.5, 0.6) is 16.7 Å². The Balaban J connectivity index is 1.42. The van der Waals surface area contributed by atoms with Crippen molar-refractivity contribution >= 4 is 33.0 Å². The van der Waals surface area contributed by atoms with E-state index in [4.69, 9.17) is 24.2 Å². The minimum Gasteiger partial charge on any atom is -0.496 e. The summed E-state index contributed by atoms with van der Waals surface area (Å²) in [6.07, 6.45) is 3.42. The van der Waals surface area contributed by atoms with Gasteiger partial charge in [0.15, 0.2) is 5.76 Å². The lowest BCUT2D eigenvalue weighted by Gasteiger charge is -2.09. The summed E-state index contributed by atoms with van der Waals surface area (Å²) in [5.74, 6) is 1.69. The molecule has 2 aromatic carbocycles. The molecule has 0 fully saturated rings. The molecule has 0 unspecified atom stereocenters. The molecule has 0 aliphatic carbocycles. The molecule has 0 amide bonds. The van der Waals surface area contributed by atoms with Crippen LogP contribution in [0.4, 0.5) is 5.69 Å². The molecule has 5 rings (SSSR count). The van der Waals surface area contributed by atoms with Crippen LogP contribution in [0.25, 0.3) is 27.4 Å². The molecule has 0 spiro atoms. The summed E-state index contributed by atoms with van der Waals surface area (Å²) in [6, 6.07) is 15.0. The first-order valence-corrected chi connectivity index (χ1v) is 11.0. The van der Waals surface area contributed by atoms with E-state index >= 15 is 0 Å². The van der Waals surface area contributed by atoms with Crippen molar-refractivity contribution in [1.82, 2.24) is 14.6 Å². The van der Waals surface area contributed by atoms with Crippen molar-refractivity contribution in [3.05, 3.63) is 66.6 Å². The van der Waals surface area contributed by atoms with E-state index in [1.807, 2.05) is 36.4 Å². The van der Waals surface area contributed by atoms with Gasteiger partial charge in [0.05, 0.1) is 25.8 Å². The van der Waals surface area contributed by atoms with Crippen LogP contribution in [-0.2, 0) is 0 Å². The van der Waals surface area contributed by atoms with Gasteiger partial charge in [0, 0.05) is 24.0 Å². The van der Waals surface area contributed by atoms with Crippen molar-refractivity contribution < 1.29 is 18.6 Å². The molecule has 0 aliphatic rings. The minimum absolute atomic E-state index is 0.0794. The molecule has 0 saturated heterocycles. The molecule has 0 bridgehead atoms. The van der Waals surface area contributed by atoms with Gasteiger partial charge < -0.3 is 23.9 Å². The number of imidazole rings is 1. The number of hydrogen-bond donors (Lipinski definition) is 2. The van der Waals surface area contributed by atoms with Crippen molar-refractivity contribution in [2.45, 2.75) is 0 Å². The highest BCUT2D eigenvalue weighted by atomic mass is 32.1. The molecular weight excluding hydrogens is 456 g/mol. The van der Waals surface area contributed by atoms with Crippen molar-refractivity contribution in [3.63, 3.8) is 0 Å². The van der Waals surface area contributed by atoms with E-state index in [9.17, 15) is 0 Å². The van der Waals surface area contributed by atoms with E-state index < -0.39 is 0 Å². The Hall–Kier alpha value is -4.38. The van der Waals surface area contributed by atoms with Crippen LogP contribution < -0.4 is 19.5 Å². The normalized spacial score (nSPS) is 11.6. The van der Waals surface area contributed by atoms with E-state index in [2.05, 4.69) is 20.5 Å². The zero-order valence-electron chi connectivity index (χ0n) is 18.3. The zero-order valence-corrected chi connectivity index (χ0v) is 19.1. The molecule has 172 valence electrons. The van der Waals surface area contributed by atoms with E-state index in [1.165, 1.54) is 11.3 Å². The van der Waals surface area contributed by atoms with Crippen LogP contribution >= 0.6 is 11.3 Å². The fourth-order valence-corrected chi connectivity index (χ4v) is 3.99. The first-order valence-electron chi connectivity index (χ1n) is 10.2. The van der Waals surface area contributed by atoms with E-state index in [0.717, 1.165) is 11.1 Å². The second-order valence-corrected chi connectivity index (χ2v) is 8.04. The Labute approximate surface area is 197 Å². The van der Waals surface area contributed by atoms with Crippen molar-refractivity contribution in [3.8, 4) is 28.1 Å². The molecule has 11 heteroatoms. The molecule has 0 atom stereocenters. The Bertz CT molecular complexity index is 1460. The molecule has 3 aromatic heterocycles. The monoisotopic (exact) mass is 476 g/mol. The lowest BCUT2D eigenvalue weighted by Crippen LogP contribution is -2.02. The molecule has 10 nitrogen and oxygen atoms in total. The lowest BCUT2D eigenvalue weighted by atomic mass is 10.2. The fraction of sp³-hybridized carbons (Fsp3) is 0.130. The quantitative estimate of drug-likeness (QED) is 0.266. The van der Waals surface area contributed by atoms with Gasteiger partial charge in [-0.15, -0.1) is 5.10 Å². The van der Waals surface area contributed by atoms with Gasteiger partial charge in [0.1, 0.15) is 35.1 Å². The third kappa shape index (κ3) is 4.28. The second-order valence-electron chi connectivity index (χ2n) is 7.12. The predicted octanol–water partition coefficient (Wildman–Crippen LogP) is 5.58. The largest absolute Gasteiger partial charge is 0.496 e. The molecular formula is C23H20N6O4S. The summed E-state index contributed by atoms with van der Waals surface area (Å²) in [6.45, 7) is 0.0794. The zero-order chi connectivity index (χ0) is 23.5. The summed E-state index contributed by atoms with van der Waals surface area (Å²) in [5.41, 5.74) is 10.0. The van der Waals surface area contributed by atoms with Gasteiger partial charge in [-0.1, -0.05) is 18.2 Å². The Kier molecular flexibility index (Phi) is 5.83. The molecule has 5 aromatic rings. The number of rotatable bonds is 9. The average Bonchev–Trinajstić information content (AvgIpc) is 3.57. The van der Waals surface area contributed by atoms with Crippen molar-refractivity contribution in [1.29, 1.82) is 5.53 Å². The van der Waals surface area contributed by atoms with Gasteiger partial charge in [0.2, 0.25) is 4.96 Å². The van der Waals surface area contributed by atoms with Crippen molar-refractivity contribution in [2.24, 2.45) is 5.11 Å². The predicted molar refractivity (Wildman–Crippen MR) is 128 cm³/mol. The van der Waals surface area contributed by atoms with Gasteiger partial charge >= 0.3 is 0 Å². The Morgan fingerprint density at radius 2 is 2.06 bits per heavy atom. The van der Waals surface area contributed by atoms with Gasteiger partial charge in [0.25, 0.3) is 5.19 Å². The average molecular weight is 477 g/mol. The molecule has 2 N–H and O–H groups in total. The van der Waals surface area contributed by atoms with Gasteiger partial charge in [-0.25, -0.2) is 15.0 Å². The SMILES string of the molecule is COc1cc(OC/C(=C/Nc2ccccc2)N=N)c2cc(-c3cn4nc(OC)sc4n3)oc2c1. The standard InChI is InChI=1S/C23H20N6O4S/c1-30-16-8-19(32-13-15(27-24)11-25-14-6-4-3-5-7-14)17-10-21(33-20(17)9-16)18-12-29-22(26-18)34-23(28-29)31-2/h3-12,24-25H,13H2,1-2H3/b15-11-,27-24?. The number of methoxy groups -OCH3 is 2. The number of benzene rings is 2. The number of aromatic nitrogens is 3. The summed E-state index contributed by atoms with van der Waals surface area (Å²) in [4.78, 5) is 5.27. The minimum atomic E-state index is 0.0794. The first-order chi connectivity index (χ1) is 16.7. The number of hydrogen-bond acceptors (Lipinski definition) is 10. The highest BCUT2D eigenvalue weighted by Crippen LogP contribution is 2.37. The lowest BCUT2D eigenvalue weighted by molar-refractivity contribution is 0.348. The van der Waals surface area contributed by atoms with E-state index in [-0.39, 0.29) is 6.61 Å². The number of fused-ring (bicyclic) bond motifs is 2. The third-order valence-electron chi connectivity index (χ3n) is 4.96. The fourth-order valence-electron chi connectivity index (χ4n) is 3.29. The number of para-hydroxylation sites is 1. The third-order valence-corrected chi connectivity index (χ3v) is 5.84. The molecule has 0 radical (unpaired) electrons.